The zero-order chi connectivity index (χ0) is 19.7. The summed E-state index contributed by atoms with van der Waals surface area (Å²) in [5.41, 5.74) is 3.46. The molecule has 4 aromatic rings. The minimum absolute atomic E-state index is 0.0571. The third-order valence-electron chi connectivity index (χ3n) is 4.39. The zero-order valence-corrected chi connectivity index (χ0v) is 16.5. The molecule has 0 atom stereocenters. The quantitative estimate of drug-likeness (QED) is 0.283. The number of aromatic nitrogens is 3. The molecule has 0 spiro atoms. The number of nitrogens with one attached hydrogen (secondary N) is 2. The van der Waals surface area contributed by atoms with Crippen LogP contribution in [0.4, 0.5) is 0 Å². The van der Waals surface area contributed by atoms with Gasteiger partial charge in [0.1, 0.15) is 5.65 Å². The molecule has 0 amide bonds. The molecular weight excluding hydrogens is 394 g/mol. The molecule has 0 unspecified atom stereocenters. The summed E-state index contributed by atoms with van der Waals surface area (Å²) >= 11 is 7.30. The molecule has 0 fully saturated rings. The Balaban J connectivity index is 1.53. The van der Waals surface area contributed by atoms with Gasteiger partial charge in [-0.2, -0.15) is 0 Å². The molecule has 5 nitrogen and oxygen atoms in total. The number of aromatic amines is 2. The van der Waals surface area contributed by atoms with Crippen molar-refractivity contribution in [1.82, 2.24) is 15.0 Å². The summed E-state index contributed by atoms with van der Waals surface area (Å²) in [6.45, 7) is 1.87. The van der Waals surface area contributed by atoms with Gasteiger partial charge in [-0.15, -0.1) is 0 Å². The highest BCUT2D eigenvalue weighted by Crippen LogP contribution is 2.22. The SMILES string of the molecule is Cc1c[nH]c2nc(SCc3cccc(C(=O)c4ccc(Cl)cc4)c3)[nH]c(=O)c12. The number of carbonyl (C=O) groups excluding carboxylic acids is 1. The molecular formula is C21H16ClN3O2S. The maximum absolute atomic E-state index is 12.7. The third-order valence-corrected chi connectivity index (χ3v) is 5.58. The summed E-state index contributed by atoms with van der Waals surface area (Å²) in [6, 6.07) is 14.3. The first-order valence-corrected chi connectivity index (χ1v) is 9.97. The standard InChI is InChI=1S/C21H16ClN3O2S/c1-12-10-23-19-17(12)20(27)25-21(24-19)28-11-13-3-2-4-15(9-13)18(26)14-5-7-16(22)8-6-14/h2-10H,11H2,1H3,(H2,23,24,25,27). The van der Waals surface area contributed by atoms with E-state index >= 15 is 0 Å². The second kappa shape index (κ2) is 7.66. The van der Waals surface area contributed by atoms with Gasteiger partial charge in [0, 0.05) is 28.1 Å². The van der Waals surface area contributed by atoms with Crippen molar-refractivity contribution in [2.75, 3.05) is 0 Å². The predicted octanol–water partition coefficient (Wildman–Crippen LogP) is 4.74. The average Bonchev–Trinajstić information content (AvgIpc) is 3.08. The highest BCUT2D eigenvalue weighted by Gasteiger charge is 2.11. The van der Waals surface area contributed by atoms with Crippen LogP contribution in [0.1, 0.15) is 27.0 Å². The summed E-state index contributed by atoms with van der Waals surface area (Å²) in [4.78, 5) is 35.2. The lowest BCUT2D eigenvalue weighted by atomic mass is 10.0. The van der Waals surface area contributed by atoms with Gasteiger partial charge < -0.3 is 9.97 Å². The average molecular weight is 410 g/mol. The van der Waals surface area contributed by atoms with E-state index in [1.165, 1.54) is 11.8 Å². The third kappa shape index (κ3) is 3.74. The fourth-order valence-electron chi connectivity index (χ4n) is 2.96. The Labute approximate surface area is 170 Å². The van der Waals surface area contributed by atoms with Crippen LogP contribution in [-0.4, -0.2) is 20.7 Å². The van der Waals surface area contributed by atoms with Crippen LogP contribution >= 0.6 is 23.4 Å². The number of thioether (sulfide) groups is 1. The molecule has 2 N–H and O–H groups in total. The number of hydrogen-bond donors (Lipinski definition) is 2. The molecule has 0 aliphatic heterocycles. The molecule has 2 heterocycles. The Hall–Kier alpha value is -2.83. The highest BCUT2D eigenvalue weighted by atomic mass is 35.5. The van der Waals surface area contributed by atoms with Gasteiger partial charge in [-0.3, -0.25) is 9.59 Å². The fraction of sp³-hybridized carbons (Fsp3) is 0.0952. The van der Waals surface area contributed by atoms with E-state index in [0.717, 1.165) is 11.1 Å². The Morgan fingerprint density at radius 3 is 2.71 bits per heavy atom. The lowest BCUT2D eigenvalue weighted by Crippen LogP contribution is -2.09. The Kier molecular flexibility index (Phi) is 5.07. The van der Waals surface area contributed by atoms with Gasteiger partial charge >= 0.3 is 0 Å². The molecule has 0 bridgehead atoms. The summed E-state index contributed by atoms with van der Waals surface area (Å²) < 4.78 is 0. The number of fused-ring (bicyclic) bond motifs is 1. The van der Waals surface area contributed by atoms with Gasteiger partial charge in [-0.05, 0) is 48.4 Å². The van der Waals surface area contributed by atoms with Crippen molar-refractivity contribution in [2.24, 2.45) is 0 Å². The highest BCUT2D eigenvalue weighted by molar-refractivity contribution is 7.98. The van der Waals surface area contributed by atoms with Crippen LogP contribution in [-0.2, 0) is 5.75 Å². The predicted molar refractivity (Wildman–Crippen MR) is 112 cm³/mol. The molecule has 2 aromatic carbocycles. The van der Waals surface area contributed by atoms with Gasteiger partial charge in [0.25, 0.3) is 5.56 Å². The number of carbonyl (C=O) groups is 1. The first kappa shape index (κ1) is 18.5. The largest absolute Gasteiger partial charge is 0.346 e. The second-order valence-electron chi connectivity index (χ2n) is 6.39. The van der Waals surface area contributed by atoms with Gasteiger partial charge in [-0.25, -0.2) is 4.98 Å². The number of nitrogens with zero attached hydrogens (tertiary/aromatic N) is 1. The fourth-order valence-corrected chi connectivity index (χ4v) is 3.89. The van der Waals surface area contributed by atoms with E-state index in [4.69, 9.17) is 11.6 Å². The van der Waals surface area contributed by atoms with Crippen molar-refractivity contribution in [2.45, 2.75) is 17.8 Å². The van der Waals surface area contributed by atoms with Crippen LogP contribution < -0.4 is 5.56 Å². The lowest BCUT2D eigenvalue weighted by Gasteiger charge is -2.05. The number of rotatable bonds is 5. The van der Waals surface area contributed by atoms with Gasteiger partial charge in [0.2, 0.25) is 0 Å². The van der Waals surface area contributed by atoms with E-state index in [2.05, 4.69) is 15.0 Å². The van der Waals surface area contributed by atoms with Crippen molar-refractivity contribution in [3.05, 3.63) is 92.4 Å². The zero-order valence-electron chi connectivity index (χ0n) is 15.0. The summed E-state index contributed by atoms with van der Waals surface area (Å²) in [6.07, 6.45) is 1.77. The first-order chi connectivity index (χ1) is 13.5. The number of ketones is 1. The monoisotopic (exact) mass is 409 g/mol. The van der Waals surface area contributed by atoms with Gasteiger partial charge in [0.05, 0.1) is 5.39 Å². The van der Waals surface area contributed by atoms with E-state index in [0.29, 0.717) is 38.1 Å². The van der Waals surface area contributed by atoms with Crippen LogP contribution in [0.5, 0.6) is 0 Å². The summed E-state index contributed by atoms with van der Waals surface area (Å²) in [5.74, 6) is 0.522. The number of benzene rings is 2. The molecule has 0 saturated carbocycles. The maximum atomic E-state index is 12.7. The van der Waals surface area contributed by atoms with Crippen LogP contribution in [0, 0.1) is 6.92 Å². The van der Waals surface area contributed by atoms with Crippen LogP contribution in [0.15, 0.2) is 64.7 Å². The van der Waals surface area contributed by atoms with Crippen molar-refractivity contribution in [3.8, 4) is 0 Å². The van der Waals surface area contributed by atoms with E-state index in [-0.39, 0.29) is 11.3 Å². The number of aryl methyl sites for hydroxylation is 1. The summed E-state index contributed by atoms with van der Waals surface area (Å²) in [7, 11) is 0. The van der Waals surface area contributed by atoms with Crippen molar-refractivity contribution in [1.29, 1.82) is 0 Å². The minimum Gasteiger partial charge on any atom is -0.346 e. The number of halogens is 1. The second-order valence-corrected chi connectivity index (χ2v) is 7.79. The Morgan fingerprint density at radius 2 is 1.93 bits per heavy atom. The lowest BCUT2D eigenvalue weighted by molar-refractivity contribution is 0.103. The smallest absolute Gasteiger partial charge is 0.261 e. The van der Waals surface area contributed by atoms with Gasteiger partial charge in [0.15, 0.2) is 10.9 Å². The minimum atomic E-state index is -0.155. The van der Waals surface area contributed by atoms with E-state index in [9.17, 15) is 9.59 Å². The normalized spacial score (nSPS) is 11.1. The number of hydrogen-bond acceptors (Lipinski definition) is 4. The number of H-pyrrole nitrogens is 2. The molecule has 2 aromatic heterocycles. The summed E-state index contributed by atoms with van der Waals surface area (Å²) in [5, 5.41) is 1.71. The molecule has 7 heteroatoms. The molecule has 0 aliphatic rings. The first-order valence-electron chi connectivity index (χ1n) is 8.61. The molecule has 0 radical (unpaired) electrons. The van der Waals surface area contributed by atoms with Crippen molar-refractivity contribution >= 4 is 40.2 Å². The molecule has 0 saturated heterocycles. The molecule has 140 valence electrons. The topological polar surface area (TPSA) is 78.6 Å². The van der Waals surface area contributed by atoms with E-state index < -0.39 is 0 Å². The van der Waals surface area contributed by atoms with Crippen molar-refractivity contribution < 1.29 is 4.79 Å². The Morgan fingerprint density at radius 1 is 1.14 bits per heavy atom. The van der Waals surface area contributed by atoms with Crippen LogP contribution in [0.3, 0.4) is 0 Å². The molecule has 28 heavy (non-hydrogen) atoms. The molecule has 4 rings (SSSR count). The molecule has 0 aliphatic carbocycles. The van der Waals surface area contributed by atoms with E-state index in [1.54, 1.807) is 36.5 Å². The van der Waals surface area contributed by atoms with Crippen LogP contribution in [0.25, 0.3) is 11.0 Å². The van der Waals surface area contributed by atoms with E-state index in [1.807, 2.05) is 25.1 Å². The Bertz CT molecular complexity index is 1230. The van der Waals surface area contributed by atoms with Crippen LogP contribution in [0.2, 0.25) is 5.02 Å². The van der Waals surface area contributed by atoms with Crippen molar-refractivity contribution in [3.63, 3.8) is 0 Å². The maximum Gasteiger partial charge on any atom is 0.261 e. The van der Waals surface area contributed by atoms with Gasteiger partial charge in [-0.1, -0.05) is 41.6 Å².